The van der Waals surface area contributed by atoms with Crippen LogP contribution in [0.5, 0.6) is 11.5 Å². The molecule has 0 aliphatic carbocycles. The number of anilines is 1. The summed E-state index contributed by atoms with van der Waals surface area (Å²) in [6, 6.07) is 15.9. The second-order valence-electron chi connectivity index (χ2n) is 3.67. The molecule has 2 N–H and O–H groups in total. The predicted octanol–water partition coefficient (Wildman–Crippen LogP) is 3.46. The standard InChI is InChI=1S/C13H12N2OS/c1-2-4-10(5-3-1)16-11-6-7-12-13(8-11)17-15-9-14-12/h1-8,14-15H,9H2. The summed E-state index contributed by atoms with van der Waals surface area (Å²) in [4.78, 5) is 1.16. The van der Waals surface area contributed by atoms with Crippen LogP contribution in [0.15, 0.2) is 53.4 Å². The lowest BCUT2D eigenvalue weighted by Gasteiger charge is -2.18. The molecular formula is C13H12N2OS. The quantitative estimate of drug-likeness (QED) is 0.793. The minimum absolute atomic E-state index is 0.788. The molecule has 0 unspecified atom stereocenters. The third kappa shape index (κ3) is 2.38. The number of benzene rings is 2. The summed E-state index contributed by atoms with van der Waals surface area (Å²) in [7, 11) is 0. The molecule has 1 heterocycles. The van der Waals surface area contributed by atoms with Crippen molar-refractivity contribution in [3.05, 3.63) is 48.5 Å². The Balaban J connectivity index is 1.84. The maximum absolute atomic E-state index is 5.78. The molecule has 0 spiro atoms. The van der Waals surface area contributed by atoms with E-state index in [9.17, 15) is 0 Å². The summed E-state index contributed by atoms with van der Waals surface area (Å²) in [5, 5.41) is 3.27. The Bertz CT molecular complexity index is 516. The van der Waals surface area contributed by atoms with Crippen molar-refractivity contribution in [1.29, 1.82) is 0 Å². The summed E-state index contributed by atoms with van der Waals surface area (Å²) < 4.78 is 8.96. The van der Waals surface area contributed by atoms with Crippen LogP contribution in [0.1, 0.15) is 0 Å². The zero-order valence-corrected chi connectivity index (χ0v) is 9.96. The molecule has 0 aromatic heterocycles. The van der Waals surface area contributed by atoms with E-state index in [1.54, 1.807) is 11.9 Å². The van der Waals surface area contributed by atoms with Crippen LogP contribution >= 0.6 is 11.9 Å². The Labute approximate surface area is 104 Å². The lowest BCUT2D eigenvalue weighted by molar-refractivity contribution is 0.481. The van der Waals surface area contributed by atoms with Crippen LogP contribution in [0.3, 0.4) is 0 Å². The monoisotopic (exact) mass is 244 g/mol. The predicted molar refractivity (Wildman–Crippen MR) is 70.4 cm³/mol. The van der Waals surface area contributed by atoms with Crippen molar-refractivity contribution in [2.45, 2.75) is 4.90 Å². The fourth-order valence-corrected chi connectivity index (χ4v) is 2.39. The highest BCUT2D eigenvalue weighted by atomic mass is 32.2. The van der Waals surface area contributed by atoms with Gasteiger partial charge in [-0.15, -0.1) is 0 Å². The van der Waals surface area contributed by atoms with E-state index in [-0.39, 0.29) is 0 Å². The lowest BCUT2D eigenvalue weighted by Crippen LogP contribution is -2.19. The average molecular weight is 244 g/mol. The normalized spacial score (nSPS) is 13.6. The van der Waals surface area contributed by atoms with Gasteiger partial charge in [0.25, 0.3) is 0 Å². The first kappa shape index (κ1) is 10.5. The summed E-state index contributed by atoms with van der Waals surface area (Å²) in [6.07, 6.45) is 0. The molecule has 0 amide bonds. The van der Waals surface area contributed by atoms with Crippen molar-refractivity contribution < 1.29 is 4.74 Å². The van der Waals surface area contributed by atoms with Crippen LogP contribution < -0.4 is 14.8 Å². The average Bonchev–Trinajstić information content (AvgIpc) is 2.40. The molecule has 1 aliphatic rings. The summed E-state index contributed by atoms with van der Waals surface area (Å²) in [5.74, 6) is 1.71. The molecule has 3 rings (SSSR count). The maximum Gasteiger partial charge on any atom is 0.128 e. The van der Waals surface area contributed by atoms with Gasteiger partial charge in [0, 0.05) is 4.90 Å². The van der Waals surface area contributed by atoms with E-state index in [1.807, 2.05) is 48.5 Å². The topological polar surface area (TPSA) is 33.3 Å². The number of ether oxygens (including phenoxy) is 1. The fraction of sp³-hybridized carbons (Fsp3) is 0.0769. The molecular weight excluding hydrogens is 232 g/mol. The van der Waals surface area contributed by atoms with Gasteiger partial charge in [0.1, 0.15) is 11.5 Å². The number of hydrogen-bond acceptors (Lipinski definition) is 4. The number of nitrogens with one attached hydrogen (secondary N) is 2. The number of hydrogen-bond donors (Lipinski definition) is 2. The second kappa shape index (κ2) is 4.69. The van der Waals surface area contributed by atoms with Crippen molar-refractivity contribution >= 4 is 17.6 Å². The molecule has 3 nitrogen and oxygen atoms in total. The fourth-order valence-electron chi connectivity index (χ4n) is 1.67. The van der Waals surface area contributed by atoms with E-state index in [0.29, 0.717) is 0 Å². The van der Waals surface area contributed by atoms with Crippen LogP contribution in [0.4, 0.5) is 5.69 Å². The van der Waals surface area contributed by atoms with Crippen LogP contribution in [0.25, 0.3) is 0 Å². The molecule has 2 aromatic carbocycles. The zero-order chi connectivity index (χ0) is 11.5. The summed E-state index contributed by atoms with van der Waals surface area (Å²) in [6.45, 7) is 0.788. The first-order chi connectivity index (χ1) is 8.42. The van der Waals surface area contributed by atoms with E-state index in [1.165, 1.54) is 0 Å². The molecule has 0 bridgehead atoms. The van der Waals surface area contributed by atoms with Gasteiger partial charge in [0.2, 0.25) is 0 Å². The van der Waals surface area contributed by atoms with E-state index in [2.05, 4.69) is 10.0 Å². The minimum atomic E-state index is 0.788. The molecule has 17 heavy (non-hydrogen) atoms. The van der Waals surface area contributed by atoms with E-state index < -0.39 is 0 Å². The Morgan fingerprint density at radius 3 is 2.76 bits per heavy atom. The Morgan fingerprint density at radius 2 is 1.88 bits per heavy atom. The van der Waals surface area contributed by atoms with Gasteiger partial charge in [-0.25, -0.2) is 4.72 Å². The molecule has 0 fully saturated rings. The smallest absolute Gasteiger partial charge is 0.128 e. The summed E-state index contributed by atoms with van der Waals surface area (Å²) >= 11 is 1.62. The largest absolute Gasteiger partial charge is 0.457 e. The molecule has 1 aliphatic heterocycles. The van der Waals surface area contributed by atoms with Crippen LogP contribution in [0.2, 0.25) is 0 Å². The lowest BCUT2D eigenvalue weighted by atomic mass is 10.3. The highest BCUT2D eigenvalue weighted by Crippen LogP contribution is 2.33. The molecule has 0 radical (unpaired) electrons. The van der Waals surface area contributed by atoms with Crippen molar-refractivity contribution in [2.24, 2.45) is 0 Å². The first-order valence-corrected chi connectivity index (χ1v) is 6.24. The SMILES string of the molecule is c1ccc(Oc2ccc3c(c2)SNCN3)cc1. The van der Waals surface area contributed by atoms with Gasteiger partial charge in [-0.1, -0.05) is 18.2 Å². The molecule has 0 atom stereocenters. The Kier molecular flexibility index (Phi) is 2.90. The second-order valence-corrected chi connectivity index (χ2v) is 4.61. The van der Waals surface area contributed by atoms with Gasteiger partial charge in [-0.2, -0.15) is 0 Å². The summed E-state index contributed by atoms with van der Waals surface area (Å²) in [5.41, 5.74) is 1.15. The van der Waals surface area contributed by atoms with Gasteiger partial charge in [-0.3, -0.25) is 0 Å². The minimum Gasteiger partial charge on any atom is -0.457 e. The maximum atomic E-state index is 5.78. The molecule has 86 valence electrons. The van der Waals surface area contributed by atoms with Crippen LogP contribution in [-0.2, 0) is 0 Å². The van der Waals surface area contributed by atoms with Gasteiger partial charge in [0.15, 0.2) is 0 Å². The Hall–Kier alpha value is -1.65. The zero-order valence-electron chi connectivity index (χ0n) is 9.14. The molecule has 0 saturated carbocycles. The van der Waals surface area contributed by atoms with E-state index in [4.69, 9.17) is 4.74 Å². The highest BCUT2D eigenvalue weighted by Gasteiger charge is 2.09. The van der Waals surface area contributed by atoms with Crippen LogP contribution in [-0.4, -0.2) is 6.67 Å². The number of fused-ring (bicyclic) bond motifs is 1. The van der Waals surface area contributed by atoms with Crippen molar-refractivity contribution in [2.75, 3.05) is 12.0 Å². The van der Waals surface area contributed by atoms with Crippen molar-refractivity contribution in [3.63, 3.8) is 0 Å². The Morgan fingerprint density at radius 1 is 1.00 bits per heavy atom. The molecule has 4 heteroatoms. The van der Waals surface area contributed by atoms with Gasteiger partial charge in [-0.05, 0) is 42.3 Å². The first-order valence-electron chi connectivity index (χ1n) is 5.42. The molecule has 2 aromatic rings. The third-order valence-corrected chi connectivity index (χ3v) is 3.31. The van der Waals surface area contributed by atoms with E-state index >= 15 is 0 Å². The third-order valence-electron chi connectivity index (χ3n) is 2.47. The molecule has 0 saturated heterocycles. The highest BCUT2D eigenvalue weighted by molar-refractivity contribution is 7.97. The van der Waals surface area contributed by atoms with Crippen molar-refractivity contribution in [3.8, 4) is 11.5 Å². The number of rotatable bonds is 2. The van der Waals surface area contributed by atoms with Gasteiger partial charge in [0.05, 0.1) is 12.4 Å². The van der Waals surface area contributed by atoms with Crippen molar-refractivity contribution in [1.82, 2.24) is 4.72 Å². The van der Waals surface area contributed by atoms with E-state index in [0.717, 1.165) is 28.8 Å². The van der Waals surface area contributed by atoms with Crippen LogP contribution in [0, 0.1) is 0 Å². The van der Waals surface area contributed by atoms with Gasteiger partial charge < -0.3 is 10.1 Å². The van der Waals surface area contributed by atoms with Gasteiger partial charge >= 0.3 is 0 Å². The number of para-hydroxylation sites is 1.